The van der Waals surface area contributed by atoms with Crippen molar-refractivity contribution in [2.24, 2.45) is 0 Å². The molecule has 0 heterocycles. The summed E-state index contributed by atoms with van der Waals surface area (Å²) < 4.78 is 16.9. The summed E-state index contributed by atoms with van der Waals surface area (Å²) >= 11 is 0. The summed E-state index contributed by atoms with van der Waals surface area (Å²) in [6.07, 6.45) is 85.3. The molecule has 6 nitrogen and oxygen atoms in total. The van der Waals surface area contributed by atoms with E-state index >= 15 is 0 Å². The Morgan fingerprint density at radius 3 is 0.625 bits per heavy atom. The van der Waals surface area contributed by atoms with E-state index in [4.69, 9.17) is 14.2 Å². The second kappa shape index (κ2) is 69.4. The van der Waals surface area contributed by atoms with Crippen molar-refractivity contribution < 1.29 is 28.6 Å². The van der Waals surface area contributed by atoms with Gasteiger partial charge >= 0.3 is 17.9 Å². The van der Waals surface area contributed by atoms with Gasteiger partial charge in [0.05, 0.1) is 0 Å². The molecule has 0 rings (SSSR count). The summed E-state index contributed by atoms with van der Waals surface area (Å²) in [5, 5.41) is 0. The molecule has 6 heteroatoms. The minimum atomic E-state index is -0.767. The quantitative estimate of drug-likeness (QED) is 0.0261. The highest BCUT2D eigenvalue weighted by atomic mass is 16.6. The molecular weight excluding hydrogens is 985 g/mol. The van der Waals surface area contributed by atoms with Crippen LogP contribution in [0.2, 0.25) is 0 Å². The first kappa shape index (κ1) is 77.9. The zero-order valence-corrected chi connectivity index (χ0v) is 54.4. The van der Waals surface area contributed by atoms with Crippen molar-refractivity contribution in [3.8, 4) is 0 Å². The Morgan fingerprint density at radius 2 is 0.412 bits per heavy atom. The molecule has 0 spiro atoms. The molecule has 0 saturated heterocycles. The van der Waals surface area contributed by atoms with E-state index in [2.05, 4.69) is 45.1 Å². The van der Waals surface area contributed by atoms with E-state index < -0.39 is 6.10 Å². The highest BCUT2D eigenvalue weighted by Gasteiger charge is 2.19. The smallest absolute Gasteiger partial charge is 0.306 e. The van der Waals surface area contributed by atoms with E-state index in [0.717, 1.165) is 57.8 Å². The number of esters is 3. The molecule has 0 aliphatic carbocycles. The number of hydrogen-bond acceptors (Lipinski definition) is 6. The molecule has 1 unspecified atom stereocenters. The molecule has 0 aliphatic heterocycles. The summed E-state index contributed by atoms with van der Waals surface area (Å²) in [4.78, 5) is 38.3. The predicted octanol–water partition coefficient (Wildman–Crippen LogP) is 25.0. The molecule has 0 fully saturated rings. The first-order valence-electron chi connectivity index (χ1n) is 36.3. The summed E-state index contributed by atoms with van der Waals surface area (Å²) in [5.74, 6) is -0.840. The van der Waals surface area contributed by atoms with E-state index in [0.29, 0.717) is 19.3 Å². The lowest BCUT2D eigenvalue weighted by atomic mass is 10.0. The van der Waals surface area contributed by atoms with Crippen LogP contribution in [-0.2, 0) is 28.6 Å². The topological polar surface area (TPSA) is 78.9 Å². The summed E-state index contributed by atoms with van der Waals surface area (Å²) in [7, 11) is 0. The van der Waals surface area contributed by atoms with E-state index in [1.807, 2.05) is 0 Å². The third kappa shape index (κ3) is 66.7. The van der Waals surface area contributed by atoms with Crippen LogP contribution in [0.3, 0.4) is 0 Å². The van der Waals surface area contributed by atoms with Gasteiger partial charge in [0.2, 0.25) is 0 Å². The fraction of sp³-hybridized carbons (Fsp3) is 0.905. The monoisotopic (exact) mass is 1130 g/mol. The van der Waals surface area contributed by atoms with Crippen LogP contribution in [0.4, 0.5) is 0 Å². The molecule has 0 radical (unpaired) electrons. The standard InChI is InChI=1S/C74H140O6/c1-4-7-10-13-16-19-21-23-25-27-29-31-33-35-36-37-38-40-41-43-45-47-49-51-53-55-58-61-64-67-73(76)79-70-71(69-78-72(75)66-63-60-57-18-15-12-9-6-3)80-74(77)68-65-62-59-56-54-52-50-48-46-44-42-39-34-32-30-28-26-24-22-20-17-14-11-8-5-2/h27-30,71H,4-26,31-70H2,1-3H3/b29-27-,30-28-. The molecule has 1 atom stereocenters. The number of carbonyl (C=O) groups excluding carboxylic acids is 3. The lowest BCUT2D eigenvalue weighted by Gasteiger charge is -2.18. The Labute approximate surface area is 500 Å². The number of carbonyl (C=O) groups is 3. The molecule has 0 bridgehead atoms. The van der Waals surface area contributed by atoms with Gasteiger partial charge in [-0.3, -0.25) is 14.4 Å². The highest BCUT2D eigenvalue weighted by molar-refractivity contribution is 5.71. The molecular formula is C74H140O6. The fourth-order valence-electron chi connectivity index (χ4n) is 11.2. The number of unbranched alkanes of at least 4 members (excludes halogenated alkanes) is 53. The van der Waals surface area contributed by atoms with Crippen molar-refractivity contribution >= 4 is 17.9 Å². The average molecular weight is 1130 g/mol. The molecule has 0 saturated carbocycles. The maximum Gasteiger partial charge on any atom is 0.306 e. The fourth-order valence-corrected chi connectivity index (χ4v) is 11.2. The van der Waals surface area contributed by atoms with Gasteiger partial charge < -0.3 is 14.2 Å². The van der Waals surface area contributed by atoms with Gasteiger partial charge in [0.25, 0.3) is 0 Å². The number of rotatable bonds is 68. The van der Waals surface area contributed by atoms with E-state index in [-0.39, 0.29) is 31.1 Å². The number of hydrogen-bond donors (Lipinski definition) is 0. The van der Waals surface area contributed by atoms with Crippen molar-refractivity contribution in [1.29, 1.82) is 0 Å². The summed E-state index contributed by atoms with van der Waals surface area (Å²) in [5.41, 5.74) is 0. The van der Waals surface area contributed by atoms with Crippen LogP contribution in [0, 0.1) is 0 Å². The van der Waals surface area contributed by atoms with Crippen LogP contribution in [0.5, 0.6) is 0 Å². The first-order chi connectivity index (χ1) is 39.5. The second-order valence-corrected chi connectivity index (χ2v) is 24.9. The highest BCUT2D eigenvalue weighted by Crippen LogP contribution is 2.19. The third-order valence-electron chi connectivity index (χ3n) is 16.7. The van der Waals surface area contributed by atoms with Gasteiger partial charge in [-0.2, -0.15) is 0 Å². The van der Waals surface area contributed by atoms with Gasteiger partial charge in [-0.15, -0.1) is 0 Å². The molecule has 0 aromatic heterocycles. The Bertz CT molecular complexity index is 1290. The maximum atomic E-state index is 12.9. The largest absolute Gasteiger partial charge is 0.462 e. The van der Waals surface area contributed by atoms with Crippen molar-refractivity contribution in [3.05, 3.63) is 24.3 Å². The minimum Gasteiger partial charge on any atom is -0.462 e. The van der Waals surface area contributed by atoms with Gasteiger partial charge in [-0.1, -0.05) is 347 Å². The zero-order chi connectivity index (χ0) is 57.8. The molecule has 472 valence electrons. The van der Waals surface area contributed by atoms with E-state index in [9.17, 15) is 14.4 Å². The van der Waals surface area contributed by atoms with E-state index in [1.54, 1.807) is 0 Å². The third-order valence-corrected chi connectivity index (χ3v) is 16.7. The van der Waals surface area contributed by atoms with Crippen molar-refractivity contribution in [2.75, 3.05) is 13.2 Å². The molecule has 0 N–H and O–H groups in total. The molecule has 0 aromatic rings. The van der Waals surface area contributed by atoms with Crippen LogP contribution in [0.15, 0.2) is 24.3 Å². The van der Waals surface area contributed by atoms with Gasteiger partial charge in [-0.25, -0.2) is 0 Å². The Hall–Kier alpha value is -2.11. The van der Waals surface area contributed by atoms with Gasteiger partial charge in [0, 0.05) is 19.3 Å². The van der Waals surface area contributed by atoms with Gasteiger partial charge in [0.15, 0.2) is 6.10 Å². The minimum absolute atomic E-state index is 0.0651. The maximum absolute atomic E-state index is 12.9. The zero-order valence-electron chi connectivity index (χ0n) is 54.4. The summed E-state index contributed by atoms with van der Waals surface area (Å²) in [6.45, 7) is 6.69. The number of ether oxygens (including phenoxy) is 3. The second-order valence-electron chi connectivity index (χ2n) is 24.9. The lowest BCUT2D eigenvalue weighted by Crippen LogP contribution is -2.30. The summed E-state index contributed by atoms with van der Waals surface area (Å²) in [6, 6.07) is 0. The Morgan fingerprint density at radius 1 is 0.237 bits per heavy atom. The van der Waals surface area contributed by atoms with Gasteiger partial charge in [-0.05, 0) is 70.6 Å². The molecule has 0 aliphatic rings. The predicted molar refractivity (Wildman–Crippen MR) is 349 cm³/mol. The van der Waals surface area contributed by atoms with Crippen molar-refractivity contribution in [1.82, 2.24) is 0 Å². The molecule has 0 amide bonds. The average Bonchev–Trinajstić information content (AvgIpc) is 3.46. The lowest BCUT2D eigenvalue weighted by molar-refractivity contribution is -0.167. The van der Waals surface area contributed by atoms with Crippen molar-refractivity contribution in [2.45, 2.75) is 419 Å². The van der Waals surface area contributed by atoms with Crippen LogP contribution in [0.1, 0.15) is 412 Å². The SMILES string of the molecule is CCCCCCCCCC/C=C\CCCCCCCCCCCCCCCCCCCC(=O)OCC(COC(=O)CCCCCCCCCC)OC(=O)CCCCCCCCCCCCCCC/C=C\CCCCCCCCCC. The Balaban J connectivity index is 4.04. The molecule has 80 heavy (non-hydrogen) atoms. The van der Waals surface area contributed by atoms with Crippen LogP contribution < -0.4 is 0 Å². The number of allylic oxidation sites excluding steroid dienone is 4. The Kier molecular flexibility index (Phi) is 67.6. The van der Waals surface area contributed by atoms with Gasteiger partial charge in [0.1, 0.15) is 13.2 Å². The van der Waals surface area contributed by atoms with Crippen LogP contribution >= 0.6 is 0 Å². The normalized spacial score (nSPS) is 12.1. The first-order valence-corrected chi connectivity index (χ1v) is 36.3. The molecule has 0 aromatic carbocycles. The van der Waals surface area contributed by atoms with E-state index in [1.165, 1.54) is 315 Å². The van der Waals surface area contributed by atoms with Crippen molar-refractivity contribution in [3.63, 3.8) is 0 Å². The van der Waals surface area contributed by atoms with Crippen LogP contribution in [0.25, 0.3) is 0 Å². The van der Waals surface area contributed by atoms with Crippen LogP contribution in [-0.4, -0.2) is 37.2 Å².